The van der Waals surface area contributed by atoms with Gasteiger partial charge in [0.05, 0.1) is 13.2 Å². The molecule has 0 aliphatic carbocycles. The summed E-state index contributed by atoms with van der Waals surface area (Å²) < 4.78 is 11.2. The number of guanidine groups is 1. The van der Waals surface area contributed by atoms with E-state index in [1.54, 1.807) is 0 Å². The Morgan fingerprint density at radius 2 is 2.12 bits per heavy atom. The highest BCUT2D eigenvalue weighted by Gasteiger charge is 2.42. The number of nitrogens with zero attached hydrogens (tertiary/aromatic N) is 2. The number of hydrogen-bond acceptors (Lipinski definition) is 3. The van der Waals surface area contributed by atoms with Crippen molar-refractivity contribution in [1.82, 2.24) is 10.2 Å². The summed E-state index contributed by atoms with van der Waals surface area (Å²) in [5.74, 6) is 0.991. The molecule has 2 heterocycles. The van der Waals surface area contributed by atoms with Crippen LogP contribution in [0.3, 0.4) is 0 Å². The molecule has 2 fully saturated rings. The minimum Gasteiger partial charge on any atom is -0.381 e. The quantitative estimate of drug-likeness (QED) is 0.418. The van der Waals surface area contributed by atoms with Crippen molar-refractivity contribution in [2.45, 2.75) is 32.9 Å². The molecule has 140 valence electrons. The van der Waals surface area contributed by atoms with Crippen LogP contribution in [0.25, 0.3) is 0 Å². The van der Waals surface area contributed by atoms with E-state index in [9.17, 15) is 0 Å². The summed E-state index contributed by atoms with van der Waals surface area (Å²) in [6.07, 6.45) is 2.38. The van der Waals surface area contributed by atoms with E-state index in [-0.39, 0.29) is 24.0 Å². The smallest absolute Gasteiger partial charge is 0.193 e. The van der Waals surface area contributed by atoms with Crippen LogP contribution in [0.15, 0.2) is 29.3 Å². The molecule has 0 radical (unpaired) electrons. The first-order chi connectivity index (χ1) is 11.8. The second kappa shape index (κ2) is 9.73. The molecule has 6 heteroatoms. The molecule has 0 bridgehead atoms. The molecule has 1 spiro atoms. The lowest BCUT2D eigenvalue weighted by atomic mass is 9.87. The summed E-state index contributed by atoms with van der Waals surface area (Å²) in [4.78, 5) is 6.87. The van der Waals surface area contributed by atoms with Gasteiger partial charge in [-0.2, -0.15) is 0 Å². The van der Waals surface area contributed by atoms with Crippen LogP contribution in [0, 0.1) is 5.41 Å². The highest BCUT2D eigenvalue weighted by atomic mass is 127. The van der Waals surface area contributed by atoms with Crippen molar-refractivity contribution < 1.29 is 9.47 Å². The van der Waals surface area contributed by atoms with Gasteiger partial charge in [-0.1, -0.05) is 24.3 Å². The Morgan fingerprint density at radius 3 is 2.80 bits per heavy atom. The average molecular weight is 459 g/mol. The van der Waals surface area contributed by atoms with Crippen molar-refractivity contribution in [1.29, 1.82) is 0 Å². The number of nitrogens with one attached hydrogen (secondary N) is 1. The van der Waals surface area contributed by atoms with Crippen LogP contribution in [0.1, 0.15) is 30.9 Å². The fourth-order valence-electron chi connectivity index (χ4n) is 3.68. The Balaban J connectivity index is 0.00000225. The molecule has 1 atom stereocenters. The fraction of sp³-hybridized carbons (Fsp3) is 0.632. The molecule has 0 aromatic heterocycles. The highest BCUT2D eigenvalue weighted by Crippen LogP contribution is 2.38. The van der Waals surface area contributed by atoms with Crippen LogP contribution in [0.5, 0.6) is 0 Å². The summed E-state index contributed by atoms with van der Waals surface area (Å²) in [5, 5.41) is 3.53. The first-order valence-electron chi connectivity index (χ1n) is 8.94. The molecule has 3 rings (SSSR count). The fourth-order valence-corrected chi connectivity index (χ4v) is 3.68. The molecule has 2 aliphatic heterocycles. The summed E-state index contributed by atoms with van der Waals surface area (Å²) in [6, 6.07) is 8.44. The SMILES string of the molecule is CCOCc1ccccc1CNC(=NC)N1CCC2(CCOC2)C1.I. The molecule has 1 aromatic rings. The predicted molar refractivity (Wildman–Crippen MR) is 111 cm³/mol. The maximum absolute atomic E-state index is 5.63. The minimum atomic E-state index is 0. The van der Waals surface area contributed by atoms with Gasteiger partial charge in [0.1, 0.15) is 0 Å². The summed E-state index contributed by atoms with van der Waals surface area (Å²) >= 11 is 0. The van der Waals surface area contributed by atoms with E-state index in [1.807, 2.05) is 14.0 Å². The van der Waals surface area contributed by atoms with Crippen molar-refractivity contribution >= 4 is 29.9 Å². The first-order valence-corrected chi connectivity index (χ1v) is 8.94. The van der Waals surface area contributed by atoms with Crippen molar-refractivity contribution in [3.05, 3.63) is 35.4 Å². The van der Waals surface area contributed by atoms with Gasteiger partial charge in [0.2, 0.25) is 0 Å². The lowest BCUT2D eigenvalue weighted by Gasteiger charge is -2.25. The Hall–Kier alpha value is -0.860. The van der Waals surface area contributed by atoms with Crippen LogP contribution in [0.4, 0.5) is 0 Å². The van der Waals surface area contributed by atoms with Crippen molar-refractivity contribution in [3.8, 4) is 0 Å². The second-order valence-electron chi connectivity index (χ2n) is 6.78. The largest absolute Gasteiger partial charge is 0.381 e. The van der Waals surface area contributed by atoms with Crippen LogP contribution in [-0.4, -0.2) is 50.8 Å². The molecule has 2 aliphatic rings. The third kappa shape index (κ3) is 5.08. The first kappa shape index (κ1) is 20.5. The minimum absolute atomic E-state index is 0. The van der Waals surface area contributed by atoms with Gasteiger partial charge in [0.15, 0.2) is 5.96 Å². The van der Waals surface area contributed by atoms with Crippen molar-refractivity contribution in [2.75, 3.05) is 40.0 Å². The number of ether oxygens (including phenoxy) is 2. The molecule has 0 amide bonds. The average Bonchev–Trinajstić information content (AvgIpc) is 3.25. The standard InChI is InChI=1S/C19H29N3O2.HI/c1-3-23-13-17-7-5-4-6-16(17)12-21-18(20-2)22-10-8-19(14-22)9-11-24-15-19;/h4-7H,3,8-15H2,1-2H3,(H,20,21);1H. The van der Waals surface area contributed by atoms with E-state index in [0.717, 1.165) is 45.4 Å². The molecular weight excluding hydrogens is 429 g/mol. The van der Waals surface area contributed by atoms with E-state index in [0.29, 0.717) is 12.0 Å². The van der Waals surface area contributed by atoms with Gasteiger partial charge in [-0.3, -0.25) is 4.99 Å². The maximum Gasteiger partial charge on any atom is 0.193 e. The van der Waals surface area contributed by atoms with Gasteiger partial charge in [0.25, 0.3) is 0 Å². The van der Waals surface area contributed by atoms with Crippen LogP contribution >= 0.6 is 24.0 Å². The van der Waals surface area contributed by atoms with Crippen LogP contribution in [-0.2, 0) is 22.6 Å². The zero-order valence-corrected chi connectivity index (χ0v) is 17.6. The van der Waals surface area contributed by atoms with Crippen molar-refractivity contribution in [2.24, 2.45) is 10.4 Å². The van der Waals surface area contributed by atoms with E-state index < -0.39 is 0 Å². The summed E-state index contributed by atoms with van der Waals surface area (Å²) in [5.41, 5.74) is 2.86. The van der Waals surface area contributed by atoms with E-state index in [1.165, 1.54) is 24.0 Å². The van der Waals surface area contributed by atoms with Gasteiger partial charge in [-0.25, -0.2) is 0 Å². The van der Waals surface area contributed by atoms with Gasteiger partial charge >= 0.3 is 0 Å². The summed E-state index contributed by atoms with van der Waals surface area (Å²) in [7, 11) is 1.87. The molecule has 1 aromatic carbocycles. The van der Waals surface area contributed by atoms with Gasteiger partial charge in [0, 0.05) is 45.3 Å². The highest BCUT2D eigenvalue weighted by molar-refractivity contribution is 14.0. The zero-order chi connectivity index (χ0) is 16.8. The molecule has 25 heavy (non-hydrogen) atoms. The third-order valence-corrected chi connectivity index (χ3v) is 5.15. The molecule has 2 saturated heterocycles. The Kier molecular flexibility index (Phi) is 7.96. The van der Waals surface area contributed by atoms with Gasteiger partial charge in [-0.05, 0) is 30.9 Å². The molecule has 1 N–H and O–H groups in total. The van der Waals surface area contributed by atoms with E-state index in [2.05, 4.69) is 39.5 Å². The van der Waals surface area contributed by atoms with Crippen molar-refractivity contribution in [3.63, 3.8) is 0 Å². The topological polar surface area (TPSA) is 46.1 Å². The molecule has 0 saturated carbocycles. The third-order valence-electron chi connectivity index (χ3n) is 5.15. The summed E-state index contributed by atoms with van der Waals surface area (Å²) in [6.45, 7) is 8.12. The van der Waals surface area contributed by atoms with Gasteiger partial charge < -0.3 is 19.7 Å². The molecule has 1 unspecified atom stereocenters. The van der Waals surface area contributed by atoms with E-state index in [4.69, 9.17) is 9.47 Å². The zero-order valence-electron chi connectivity index (χ0n) is 15.3. The molecule has 5 nitrogen and oxygen atoms in total. The lowest BCUT2D eigenvalue weighted by Crippen LogP contribution is -2.41. The monoisotopic (exact) mass is 459 g/mol. The maximum atomic E-state index is 5.63. The van der Waals surface area contributed by atoms with Crippen LogP contribution < -0.4 is 5.32 Å². The number of hydrogen-bond donors (Lipinski definition) is 1. The van der Waals surface area contributed by atoms with Gasteiger partial charge in [-0.15, -0.1) is 24.0 Å². The Morgan fingerprint density at radius 1 is 1.32 bits per heavy atom. The Bertz CT molecular complexity index is 574. The predicted octanol–water partition coefficient (Wildman–Crippen LogP) is 3.03. The molecular formula is C19H30IN3O2. The van der Waals surface area contributed by atoms with E-state index >= 15 is 0 Å². The normalized spacial score (nSPS) is 23.1. The number of benzene rings is 1. The van der Waals surface area contributed by atoms with Crippen LogP contribution in [0.2, 0.25) is 0 Å². The second-order valence-corrected chi connectivity index (χ2v) is 6.78. The lowest BCUT2D eigenvalue weighted by molar-refractivity contribution is 0.133. The Labute approximate surface area is 168 Å². The number of likely N-dealkylation sites (tertiary alicyclic amines) is 1. The number of halogens is 1. The number of aliphatic imine (C=N–C) groups is 1. The number of rotatable bonds is 5.